The minimum atomic E-state index is -0.817. The number of aliphatic carboxylic acids is 1. The predicted molar refractivity (Wildman–Crippen MR) is 71.4 cm³/mol. The largest absolute Gasteiger partial charge is 0.481 e. The van der Waals surface area contributed by atoms with E-state index in [9.17, 15) is 9.59 Å². The highest BCUT2D eigenvalue weighted by molar-refractivity contribution is 5.78. The first-order valence-corrected chi connectivity index (χ1v) is 6.73. The third-order valence-electron chi connectivity index (χ3n) is 2.71. The third-order valence-corrected chi connectivity index (χ3v) is 2.71. The maximum absolute atomic E-state index is 11.7. The van der Waals surface area contributed by atoms with Gasteiger partial charge in [0.1, 0.15) is 0 Å². The van der Waals surface area contributed by atoms with Crippen molar-refractivity contribution in [2.24, 2.45) is 5.92 Å². The van der Waals surface area contributed by atoms with Crippen LogP contribution in [0.25, 0.3) is 0 Å². The van der Waals surface area contributed by atoms with Gasteiger partial charge < -0.3 is 10.4 Å². The molecule has 0 aliphatic rings. The first-order valence-electron chi connectivity index (χ1n) is 6.73. The van der Waals surface area contributed by atoms with E-state index in [1.54, 1.807) is 6.92 Å². The molecule has 0 saturated carbocycles. The summed E-state index contributed by atoms with van der Waals surface area (Å²) in [5.74, 6) is -1.28. The lowest BCUT2D eigenvalue weighted by Crippen LogP contribution is -2.41. The fourth-order valence-corrected chi connectivity index (χ4v) is 1.68. The molecule has 0 aromatic rings. The van der Waals surface area contributed by atoms with E-state index in [1.165, 1.54) is 0 Å². The fourth-order valence-electron chi connectivity index (χ4n) is 1.68. The van der Waals surface area contributed by atoms with Gasteiger partial charge in [-0.15, -0.1) is 0 Å². The van der Waals surface area contributed by atoms with Gasteiger partial charge in [-0.1, -0.05) is 27.2 Å². The lowest BCUT2D eigenvalue weighted by Gasteiger charge is -2.22. The molecule has 0 aliphatic heterocycles. The highest BCUT2D eigenvalue weighted by atomic mass is 16.4. The highest BCUT2D eigenvalue weighted by Gasteiger charge is 2.17. The molecule has 1 amide bonds. The van der Waals surface area contributed by atoms with Crippen molar-refractivity contribution in [2.45, 2.75) is 40.0 Å². The molecule has 0 bridgehead atoms. The molecule has 2 N–H and O–H groups in total. The van der Waals surface area contributed by atoms with E-state index in [-0.39, 0.29) is 12.5 Å². The van der Waals surface area contributed by atoms with Gasteiger partial charge in [-0.05, 0) is 19.4 Å². The van der Waals surface area contributed by atoms with E-state index in [2.05, 4.69) is 12.2 Å². The summed E-state index contributed by atoms with van der Waals surface area (Å²) in [6.45, 7) is 7.92. The number of carbonyl (C=O) groups excluding carboxylic acids is 1. The molecule has 0 heterocycles. The number of hydrogen-bond acceptors (Lipinski definition) is 3. The van der Waals surface area contributed by atoms with Crippen molar-refractivity contribution in [3.63, 3.8) is 0 Å². The maximum Gasteiger partial charge on any atom is 0.307 e. The Bertz CT molecular complexity index is 257. The first kappa shape index (κ1) is 16.9. The Balaban J connectivity index is 4.09. The van der Waals surface area contributed by atoms with Gasteiger partial charge in [0.2, 0.25) is 5.91 Å². The van der Waals surface area contributed by atoms with Crippen molar-refractivity contribution in [1.82, 2.24) is 10.2 Å². The van der Waals surface area contributed by atoms with E-state index in [1.807, 2.05) is 11.8 Å². The molecule has 106 valence electrons. The summed E-state index contributed by atoms with van der Waals surface area (Å²) in [6, 6.07) is 0. The summed E-state index contributed by atoms with van der Waals surface area (Å²) in [5, 5.41) is 11.7. The summed E-state index contributed by atoms with van der Waals surface area (Å²) < 4.78 is 0. The Morgan fingerprint density at radius 3 is 2.44 bits per heavy atom. The van der Waals surface area contributed by atoms with Crippen molar-refractivity contribution in [3.05, 3.63) is 0 Å². The Labute approximate surface area is 110 Å². The molecule has 0 fully saturated rings. The van der Waals surface area contributed by atoms with Crippen LogP contribution < -0.4 is 5.32 Å². The van der Waals surface area contributed by atoms with Gasteiger partial charge in [0, 0.05) is 13.1 Å². The summed E-state index contributed by atoms with van der Waals surface area (Å²) in [4.78, 5) is 24.4. The molecule has 5 heteroatoms. The topological polar surface area (TPSA) is 69.6 Å². The summed E-state index contributed by atoms with van der Waals surface area (Å²) in [5.41, 5.74) is 0. The second-order valence-corrected chi connectivity index (χ2v) is 4.68. The van der Waals surface area contributed by atoms with Crippen LogP contribution in [0.5, 0.6) is 0 Å². The molecular weight excluding hydrogens is 232 g/mol. The SMILES string of the molecule is CCCCNC(=O)CN(CCC)CC(C)C(=O)O. The van der Waals surface area contributed by atoms with Crippen LogP contribution in [0.3, 0.4) is 0 Å². The quantitative estimate of drug-likeness (QED) is 0.580. The van der Waals surface area contributed by atoms with E-state index in [0.717, 1.165) is 25.8 Å². The van der Waals surface area contributed by atoms with Crippen LogP contribution in [0.1, 0.15) is 40.0 Å². The zero-order chi connectivity index (χ0) is 14.0. The van der Waals surface area contributed by atoms with Crippen LogP contribution in [0.15, 0.2) is 0 Å². The lowest BCUT2D eigenvalue weighted by molar-refractivity contribution is -0.142. The normalized spacial score (nSPS) is 12.4. The average Bonchev–Trinajstić information content (AvgIpc) is 2.29. The smallest absolute Gasteiger partial charge is 0.307 e. The van der Waals surface area contributed by atoms with Gasteiger partial charge >= 0.3 is 5.97 Å². The number of rotatable bonds is 10. The Kier molecular flexibility index (Phi) is 9.28. The summed E-state index contributed by atoms with van der Waals surface area (Å²) >= 11 is 0. The molecule has 0 aliphatic carbocycles. The Morgan fingerprint density at radius 1 is 1.28 bits per heavy atom. The average molecular weight is 258 g/mol. The van der Waals surface area contributed by atoms with Gasteiger partial charge in [0.25, 0.3) is 0 Å². The maximum atomic E-state index is 11.7. The zero-order valence-electron chi connectivity index (χ0n) is 11.7. The van der Waals surface area contributed by atoms with Gasteiger partial charge in [0.05, 0.1) is 12.5 Å². The van der Waals surface area contributed by atoms with Crippen LogP contribution in [-0.4, -0.2) is 48.1 Å². The molecule has 0 aromatic heterocycles. The zero-order valence-corrected chi connectivity index (χ0v) is 11.7. The monoisotopic (exact) mass is 258 g/mol. The number of unbranched alkanes of at least 4 members (excludes halogenated alkanes) is 1. The summed E-state index contributed by atoms with van der Waals surface area (Å²) in [6.07, 6.45) is 2.94. The van der Waals surface area contributed by atoms with Crippen molar-refractivity contribution in [3.8, 4) is 0 Å². The van der Waals surface area contributed by atoms with E-state index in [0.29, 0.717) is 13.1 Å². The molecular formula is C13H26N2O3. The fraction of sp³-hybridized carbons (Fsp3) is 0.846. The predicted octanol–water partition coefficient (Wildman–Crippen LogP) is 1.34. The second kappa shape index (κ2) is 9.88. The number of nitrogens with one attached hydrogen (secondary N) is 1. The molecule has 0 aromatic carbocycles. The minimum Gasteiger partial charge on any atom is -0.481 e. The molecule has 5 nitrogen and oxygen atoms in total. The molecule has 18 heavy (non-hydrogen) atoms. The lowest BCUT2D eigenvalue weighted by atomic mass is 10.1. The van der Waals surface area contributed by atoms with Gasteiger partial charge in [-0.2, -0.15) is 0 Å². The van der Waals surface area contributed by atoms with E-state index in [4.69, 9.17) is 5.11 Å². The van der Waals surface area contributed by atoms with E-state index >= 15 is 0 Å². The van der Waals surface area contributed by atoms with Crippen LogP contribution in [-0.2, 0) is 9.59 Å². The molecule has 0 saturated heterocycles. The number of amides is 1. The summed E-state index contributed by atoms with van der Waals surface area (Å²) in [7, 11) is 0. The number of carbonyl (C=O) groups is 2. The van der Waals surface area contributed by atoms with Crippen LogP contribution in [0.4, 0.5) is 0 Å². The molecule has 1 atom stereocenters. The van der Waals surface area contributed by atoms with Crippen molar-refractivity contribution in [2.75, 3.05) is 26.2 Å². The Hall–Kier alpha value is -1.10. The van der Waals surface area contributed by atoms with Gasteiger partial charge in [-0.25, -0.2) is 0 Å². The van der Waals surface area contributed by atoms with Crippen LogP contribution >= 0.6 is 0 Å². The molecule has 0 rings (SSSR count). The van der Waals surface area contributed by atoms with Gasteiger partial charge in [0.15, 0.2) is 0 Å². The first-order chi connectivity index (χ1) is 8.51. The number of hydrogen-bond donors (Lipinski definition) is 2. The van der Waals surface area contributed by atoms with E-state index < -0.39 is 11.9 Å². The van der Waals surface area contributed by atoms with Crippen molar-refractivity contribution in [1.29, 1.82) is 0 Å². The highest BCUT2D eigenvalue weighted by Crippen LogP contribution is 2.01. The van der Waals surface area contributed by atoms with Gasteiger partial charge in [-0.3, -0.25) is 14.5 Å². The molecule has 0 spiro atoms. The number of carboxylic acids is 1. The third kappa shape index (κ3) is 8.06. The Morgan fingerprint density at radius 2 is 1.94 bits per heavy atom. The number of nitrogens with zero attached hydrogens (tertiary/aromatic N) is 1. The van der Waals surface area contributed by atoms with Crippen molar-refractivity contribution >= 4 is 11.9 Å². The second-order valence-electron chi connectivity index (χ2n) is 4.68. The van der Waals surface area contributed by atoms with Crippen molar-refractivity contribution < 1.29 is 14.7 Å². The van der Waals surface area contributed by atoms with Crippen LogP contribution in [0.2, 0.25) is 0 Å². The minimum absolute atomic E-state index is 0.0190. The van der Waals surface area contributed by atoms with Crippen LogP contribution in [0, 0.1) is 5.92 Å². The molecule has 1 unspecified atom stereocenters. The number of carboxylic acid groups (broad SMARTS) is 1. The standard InChI is InChI=1S/C13H26N2O3/c1-4-6-7-14-12(16)10-15(8-5-2)9-11(3)13(17)18/h11H,4-10H2,1-3H3,(H,14,16)(H,17,18). The molecule has 0 radical (unpaired) electrons.